The summed E-state index contributed by atoms with van der Waals surface area (Å²) in [4.78, 5) is 42.0. The molecule has 2 bridgehead atoms. The fourth-order valence-electron chi connectivity index (χ4n) is 5.51. The molecule has 3 fully saturated rings. The smallest absolute Gasteiger partial charge is 0.310 e. The van der Waals surface area contributed by atoms with Gasteiger partial charge in [0, 0.05) is 23.2 Å². The van der Waals surface area contributed by atoms with Crippen LogP contribution in [0.15, 0.2) is 24.3 Å². The topological polar surface area (TPSA) is 95.9 Å². The summed E-state index contributed by atoms with van der Waals surface area (Å²) in [6.45, 7) is 2.48. The van der Waals surface area contributed by atoms with Crippen LogP contribution in [0.2, 0.25) is 5.02 Å². The number of aliphatic hydroxyl groups excluding tert-OH is 1. The number of ether oxygens (including phenoxy) is 1. The summed E-state index contributed by atoms with van der Waals surface area (Å²) in [5.41, 5.74) is 0.492. The van der Waals surface area contributed by atoms with Crippen LogP contribution >= 0.6 is 39.3 Å². The number of halogens is 2. The Balaban J connectivity index is 1.68. The molecule has 3 heterocycles. The van der Waals surface area contributed by atoms with Crippen LogP contribution in [-0.4, -0.2) is 68.4 Å². The van der Waals surface area contributed by atoms with Crippen molar-refractivity contribution in [2.24, 2.45) is 11.8 Å². The maximum absolute atomic E-state index is 13.7. The number of hydrogen-bond donors (Lipinski definition) is 2. The van der Waals surface area contributed by atoms with Crippen LogP contribution in [0.4, 0.5) is 5.69 Å². The van der Waals surface area contributed by atoms with E-state index in [4.69, 9.17) is 21.4 Å². The van der Waals surface area contributed by atoms with Crippen molar-refractivity contribution in [2.75, 3.05) is 25.1 Å². The van der Waals surface area contributed by atoms with Gasteiger partial charge < -0.3 is 20.1 Å². The average molecular weight is 560 g/mol. The van der Waals surface area contributed by atoms with E-state index in [0.717, 1.165) is 6.42 Å². The number of carbonyl (C=O) groups is 3. The zero-order valence-corrected chi connectivity index (χ0v) is 21.5. The van der Waals surface area contributed by atoms with Gasteiger partial charge in [-0.1, -0.05) is 39.7 Å². The van der Waals surface area contributed by atoms with Crippen LogP contribution in [0.5, 0.6) is 0 Å². The Kier molecular flexibility index (Phi) is 7.63. The molecule has 2 N–H and O–H groups in total. The van der Waals surface area contributed by atoms with E-state index in [1.807, 2.05) is 0 Å². The number of likely N-dealkylation sites (tertiary alicyclic amines) is 1. The molecule has 3 saturated heterocycles. The molecule has 1 aromatic rings. The van der Waals surface area contributed by atoms with Crippen molar-refractivity contribution in [3.63, 3.8) is 0 Å². The first-order valence-electron chi connectivity index (χ1n) is 11.3. The fourth-order valence-corrected chi connectivity index (χ4v) is 9.30. The van der Waals surface area contributed by atoms with Crippen LogP contribution < -0.4 is 5.32 Å². The van der Waals surface area contributed by atoms with Gasteiger partial charge in [-0.25, -0.2) is 0 Å². The first-order valence-corrected chi connectivity index (χ1v) is 13.5. The summed E-state index contributed by atoms with van der Waals surface area (Å²) in [6, 6.07) is 6.27. The second-order valence-electron chi connectivity index (χ2n) is 8.70. The van der Waals surface area contributed by atoms with Crippen molar-refractivity contribution in [3.8, 4) is 0 Å². The van der Waals surface area contributed by atoms with Gasteiger partial charge >= 0.3 is 5.97 Å². The molecule has 33 heavy (non-hydrogen) atoms. The van der Waals surface area contributed by atoms with E-state index in [9.17, 15) is 14.4 Å². The number of anilines is 1. The number of para-hydroxylation sites is 1. The van der Waals surface area contributed by atoms with Gasteiger partial charge in [0.05, 0.1) is 33.9 Å². The molecule has 1 spiro atoms. The molecule has 6 atom stereocenters. The minimum atomic E-state index is -0.727. The Morgan fingerprint density at radius 3 is 2.79 bits per heavy atom. The molecular formula is C23H28BrClN2O5S. The number of rotatable bonds is 9. The van der Waals surface area contributed by atoms with Crippen LogP contribution in [-0.2, 0) is 19.1 Å². The van der Waals surface area contributed by atoms with Crippen molar-refractivity contribution in [3.05, 3.63) is 29.3 Å². The maximum atomic E-state index is 13.7. The molecule has 3 unspecified atom stereocenters. The molecule has 7 nitrogen and oxygen atoms in total. The highest BCUT2D eigenvalue weighted by Crippen LogP contribution is 2.67. The standard InChI is InChI=1S/C23H28BrClN2O5S/c1-2-32-22(31)16-17-21(30)27(10-6-3-7-11-28)19(23(17)12-13(24)18(16)33-23)20(29)26-15-9-5-4-8-14(15)25/h4-5,8-9,13,16-19,28H,2-3,6-7,10-12H2,1H3,(H,26,29)/t13?,16-,17-,18-,19?,23?/m0/s1. The van der Waals surface area contributed by atoms with Gasteiger partial charge in [-0.15, -0.1) is 11.8 Å². The number of hydrogen-bond acceptors (Lipinski definition) is 6. The highest BCUT2D eigenvalue weighted by atomic mass is 79.9. The van der Waals surface area contributed by atoms with Gasteiger partial charge in [0.1, 0.15) is 6.04 Å². The van der Waals surface area contributed by atoms with Gasteiger partial charge in [0.25, 0.3) is 0 Å². The lowest BCUT2D eigenvalue weighted by Crippen LogP contribution is -2.52. The zero-order valence-electron chi connectivity index (χ0n) is 18.3. The second kappa shape index (κ2) is 10.1. The Bertz CT molecular complexity index is 936. The predicted molar refractivity (Wildman–Crippen MR) is 132 cm³/mol. The largest absolute Gasteiger partial charge is 0.466 e. The Morgan fingerprint density at radius 2 is 2.09 bits per heavy atom. The molecule has 3 aliphatic rings. The van der Waals surface area contributed by atoms with Gasteiger partial charge in [-0.05, 0) is 44.7 Å². The minimum absolute atomic E-state index is 0.00547. The van der Waals surface area contributed by atoms with Crippen molar-refractivity contribution in [1.82, 2.24) is 4.90 Å². The molecule has 0 aliphatic carbocycles. The van der Waals surface area contributed by atoms with E-state index in [1.165, 1.54) is 0 Å². The monoisotopic (exact) mass is 558 g/mol. The third-order valence-electron chi connectivity index (χ3n) is 6.79. The summed E-state index contributed by atoms with van der Waals surface area (Å²) >= 11 is 11.6. The van der Waals surface area contributed by atoms with Crippen molar-refractivity contribution in [2.45, 2.75) is 53.5 Å². The number of esters is 1. The number of thioether (sulfide) groups is 1. The highest BCUT2D eigenvalue weighted by molar-refractivity contribution is 9.09. The number of carbonyl (C=O) groups excluding carboxylic acids is 3. The van der Waals surface area contributed by atoms with E-state index in [-0.39, 0.29) is 41.1 Å². The number of benzene rings is 1. The number of nitrogens with zero attached hydrogens (tertiary/aromatic N) is 1. The van der Waals surface area contributed by atoms with Gasteiger partial charge in [0.2, 0.25) is 11.8 Å². The normalized spacial score (nSPS) is 32.2. The van der Waals surface area contributed by atoms with Crippen LogP contribution in [0, 0.1) is 11.8 Å². The molecule has 180 valence electrons. The van der Waals surface area contributed by atoms with Crippen molar-refractivity contribution < 1.29 is 24.2 Å². The number of amides is 2. The number of aliphatic hydroxyl groups is 1. The number of fused-ring (bicyclic) bond motifs is 1. The first kappa shape index (κ1) is 24.8. The molecule has 0 radical (unpaired) electrons. The molecule has 3 aliphatic heterocycles. The van der Waals surface area contributed by atoms with E-state index >= 15 is 0 Å². The number of unbranched alkanes of at least 4 members (excludes halogenated alkanes) is 2. The summed E-state index contributed by atoms with van der Waals surface area (Å²) in [5, 5.41) is 12.3. The van der Waals surface area contributed by atoms with Gasteiger partial charge in [-0.3, -0.25) is 14.4 Å². The van der Waals surface area contributed by atoms with Crippen LogP contribution in [0.3, 0.4) is 0 Å². The molecule has 10 heteroatoms. The van der Waals surface area contributed by atoms with Crippen molar-refractivity contribution >= 4 is 62.8 Å². The quantitative estimate of drug-likeness (QED) is 0.273. The third kappa shape index (κ3) is 4.30. The summed E-state index contributed by atoms with van der Waals surface area (Å²) in [5.74, 6) is -2.00. The molecule has 2 amide bonds. The molecular weight excluding hydrogens is 532 g/mol. The molecule has 4 rings (SSSR count). The zero-order chi connectivity index (χ0) is 23.8. The Hall–Kier alpha value is -1.29. The fraction of sp³-hybridized carbons (Fsp3) is 0.609. The van der Waals surface area contributed by atoms with E-state index in [2.05, 4.69) is 21.2 Å². The lowest BCUT2D eigenvalue weighted by molar-refractivity contribution is -0.153. The Labute approximate surface area is 211 Å². The van der Waals surface area contributed by atoms with Crippen LogP contribution in [0.1, 0.15) is 32.6 Å². The summed E-state index contributed by atoms with van der Waals surface area (Å²) in [7, 11) is 0. The van der Waals surface area contributed by atoms with E-state index in [1.54, 1.807) is 47.9 Å². The minimum Gasteiger partial charge on any atom is -0.466 e. The summed E-state index contributed by atoms with van der Waals surface area (Å²) < 4.78 is 4.63. The second-order valence-corrected chi connectivity index (χ2v) is 11.8. The van der Waals surface area contributed by atoms with Gasteiger partial charge in [0.15, 0.2) is 0 Å². The maximum Gasteiger partial charge on any atom is 0.310 e. The molecule has 0 aromatic heterocycles. The van der Waals surface area contributed by atoms with Crippen LogP contribution in [0.25, 0.3) is 0 Å². The number of nitrogens with one attached hydrogen (secondary N) is 1. The summed E-state index contributed by atoms with van der Waals surface area (Å²) in [6.07, 6.45) is 2.66. The first-order chi connectivity index (χ1) is 15.9. The molecule has 1 aromatic carbocycles. The third-order valence-corrected chi connectivity index (χ3v) is 10.3. The van der Waals surface area contributed by atoms with E-state index in [0.29, 0.717) is 36.5 Å². The SMILES string of the molecule is CCOC(=O)[C@H]1[C@H]2C(=O)N(CCCCCO)C(C(=O)Nc3ccccc3Cl)C23CC(Br)[C@@H]1S3. The molecule has 0 saturated carbocycles. The van der Waals surface area contributed by atoms with E-state index < -0.39 is 22.6 Å². The van der Waals surface area contributed by atoms with Gasteiger partial charge in [-0.2, -0.15) is 0 Å². The lowest BCUT2D eigenvalue weighted by Gasteiger charge is -2.35. The lowest BCUT2D eigenvalue weighted by atomic mass is 9.71. The average Bonchev–Trinajstić information content (AvgIpc) is 3.36. The van der Waals surface area contributed by atoms with Crippen molar-refractivity contribution in [1.29, 1.82) is 0 Å². The highest BCUT2D eigenvalue weighted by Gasteiger charge is 2.75. The number of alkyl halides is 1. The Morgan fingerprint density at radius 1 is 1.33 bits per heavy atom. The predicted octanol–water partition coefficient (Wildman–Crippen LogP) is 3.47.